The van der Waals surface area contributed by atoms with E-state index in [-0.39, 0.29) is 5.41 Å². The molecule has 3 fully saturated rings. The molecule has 1 unspecified atom stereocenters. The maximum atomic E-state index is 13.0. The number of hydrogen-bond donors (Lipinski definition) is 1. The van der Waals surface area contributed by atoms with E-state index in [0.717, 1.165) is 44.2 Å². The van der Waals surface area contributed by atoms with E-state index in [9.17, 15) is 4.79 Å². The number of hydrogen-bond acceptors (Lipinski definition) is 2. The number of nitrogens with zero attached hydrogens (tertiary/aromatic N) is 1. The fraction of sp³-hybridized carbons (Fsp3) is 0.650. The summed E-state index contributed by atoms with van der Waals surface area (Å²) in [5, 5.41) is 3.48. The summed E-state index contributed by atoms with van der Waals surface area (Å²) in [4.78, 5) is 15.2. The van der Waals surface area contributed by atoms with Crippen LogP contribution in [0.4, 0.5) is 0 Å². The first-order chi connectivity index (χ1) is 11.3. The maximum Gasteiger partial charge on any atom is 0.229 e. The average Bonchev–Trinajstić information content (AvgIpc) is 3.17. The topological polar surface area (TPSA) is 32.3 Å². The summed E-state index contributed by atoms with van der Waals surface area (Å²) in [6.07, 6.45) is 6.83. The van der Waals surface area contributed by atoms with Crippen LogP contribution in [0.3, 0.4) is 0 Å². The second-order valence-electron chi connectivity index (χ2n) is 7.83. The fourth-order valence-corrected chi connectivity index (χ4v) is 4.59. The maximum absolute atomic E-state index is 13.0. The highest BCUT2D eigenvalue weighted by molar-refractivity contribution is 5.85. The molecule has 4 rings (SSSR count). The van der Waals surface area contributed by atoms with Crippen LogP contribution >= 0.6 is 0 Å². The number of rotatable bonds is 4. The molecular formula is C20H28N2O. The molecule has 124 valence electrons. The molecule has 2 saturated heterocycles. The molecule has 2 heterocycles. The molecule has 23 heavy (non-hydrogen) atoms. The van der Waals surface area contributed by atoms with Crippen LogP contribution in [0.1, 0.15) is 37.7 Å². The second-order valence-corrected chi connectivity index (χ2v) is 7.83. The molecule has 0 aromatic heterocycles. The number of piperidine rings is 1. The van der Waals surface area contributed by atoms with Gasteiger partial charge in [-0.2, -0.15) is 0 Å². The molecule has 1 aromatic rings. The predicted molar refractivity (Wildman–Crippen MR) is 92.1 cm³/mol. The minimum Gasteiger partial charge on any atom is -0.342 e. The van der Waals surface area contributed by atoms with Gasteiger partial charge >= 0.3 is 0 Å². The third-order valence-electron chi connectivity index (χ3n) is 6.28. The first-order valence-corrected chi connectivity index (χ1v) is 9.31. The molecular weight excluding hydrogens is 284 g/mol. The molecule has 1 amide bonds. The molecule has 1 aliphatic carbocycles. The number of nitrogens with one attached hydrogen (secondary N) is 1. The Morgan fingerprint density at radius 3 is 2.43 bits per heavy atom. The monoisotopic (exact) mass is 312 g/mol. The highest BCUT2D eigenvalue weighted by atomic mass is 16.2. The van der Waals surface area contributed by atoms with Crippen LogP contribution in [-0.4, -0.2) is 37.0 Å². The molecule has 0 bridgehead atoms. The minimum absolute atomic E-state index is 0.0664. The number of likely N-dealkylation sites (tertiary alicyclic amines) is 1. The van der Waals surface area contributed by atoms with Crippen molar-refractivity contribution in [2.45, 2.75) is 38.5 Å². The van der Waals surface area contributed by atoms with Crippen LogP contribution in [0.5, 0.6) is 0 Å². The Kier molecular flexibility index (Phi) is 4.14. The number of carbonyl (C=O) groups excluding carboxylic acids is 1. The minimum atomic E-state index is -0.0664. The second kappa shape index (κ2) is 6.27. The van der Waals surface area contributed by atoms with Gasteiger partial charge in [-0.05, 0) is 69.0 Å². The van der Waals surface area contributed by atoms with Crippen molar-refractivity contribution in [1.29, 1.82) is 0 Å². The lowest BCUT2D eigenvalue weighted by molar-refractivity contribution is -0.138. The normalized spacial score (nSPS) is 27.1. The lowest BCUT2D eigenvalue weighted by atomic mass is 9.83. The number of benzene rings is 1. The molecule has 1 aromatic carbocycles. The van der Waals surface area contributed by atoms with Crippen molar-refractivity contribution < 1.29 is 4.79 Å². The Balaban J connectivity index is 1.34. The van der Waals surface area contributed by atoms with Crippen molar-refractivity contribution in [2.75, 3.05) is 26.2 Å². The highest BCUT2D eigenvalue weighted by Crippen LogP contribution is 2.50. The quantitative estimate of drug-likeness (QED) is 0.927. The van der Waals surface area contributed by atoms with Crippen LogP contribution in [0, 0.1) is 17.3 Å². The number of amides is 1. The number of carbonyl (C=O) groups is 1. The van der Waals surface area contributed by atoms with Crippen LogP contribution < -0.4 is 5.32 Å². The first kappa shape index (κ1) is 15.2. The largest absolute Gasteiger partial charge is 0.342 e. The van der Waals surface area contributed by atoms with E-state index >= 15 is 0 Å². The molecule has 1 saturated carbocycles. The summed E-state index contributed by atoms with van der Waals surface area (Å²) in [7, 11) is 0. The lowest BCUT2D eigenvalue weighted by Crippen LogP contribution is -2.44. The van der Waals surface area contributed by atoms with E-state index in [1.165, 1.54) is 37.9 Å². The van der Waals surface area contributed by atoms with Gasteiger partial charge in [0.15, 0.2) is 0 Å². The van der Waals surface area contributed by atoms with Gasteiger partial charge in [-0.3, -0.25) is 4.79 Å². The van der Waals surface area contributed by atoms with Gasteiger partial charge in [0.25, 0.3) is 0 Å². The van der Waals surface area contributed by atoms with Crippen molar-refractivity contribution >= 4 is 5.91 Å². The van der Waals surface area contributed by atoms with Gasteiger partial charge < -0.3 is 10.2 Å². The standard InChI is InChI=1S/C20H28N2O/c23-19(20(9-10-20)14-16-4-2-1-3-5-16)22-12-7-17(8-13-22)18-6-11-21-15-18/h1-5,17-18,21H,6-15H2. The third kappa shape index (κ3) is 3.16. The molecule has 1 N–H and O–H groups in total. The molecule has 1 atom stereocenters. The van der Waals surface area contributed by atoms with E-state index in [2.05, 4.69) is 34.5 Å². The summed E-state index contributed by atoms with van der Waals surface area (Å²) in [6.45, 7) is 4.34. The summed E-state index contributed by atoms with van der Waals surface area (Å²) in [5.74, 6) is 2.12. The Morgan fingerprint density at radius 2 is 1.83 bits per heavy atom. The smallest absolute Gasteiger partial charge is 0.229 e. The third-order valence-corrected chi connectivity index (χ3v) is 6.28. The van der Waals surface area contributed by atoms with Crippen LogP contribution in [0.2, 0.25) is 0 Å². The van der Waals surface area contributed by atoms with E-state index in [4.69, 9.17) is 0 Å². The molecule has 3 heteroatoms. The average molecular weight is 312 g/mol. The zero-order valence-corrected chi connectivity index (χ0v) is 14.0. The molecule has 3 aliphatic rings. The summed E-state index contributed by atoms with van der Waals surface area (Å²) >= 11 is 0. The molecule has 3 nitrogen and oxygen atoms in total. The summed E-state index contributed by atoms with van der Waals surface area (Å²) in [5.41, 5.74) is 1.24. The first-order valence-electron chi connectivity index (χ1n) is 9.31. The molecule has 2 aliphatic heterocycles. The molecule has 0 radical (unpaired) electrons. The van der Waals surface area contributed by atoms with Gasteiger partial charge in [0, 0.05) is 13.1 Å². The highest BCUT2D eigenvalue weighted by Gasteiger charge is 2.51. The van der Waals surface area contributed by atoms with E-state index in [1.807, 2.05) is 6.07 Å². The van der Waals surface area contributed by atoms with Crippen molar-refractivity contribution in [1.82, 2.24) is 10.2 Å². The van der Waals surface area contributed by atoms with Crippen LogP contribution in [0.15, 0.2) is 30.3 Å². The van der Waals surface area contributed by atoms with Crippen molar-refractivity contribution in [3.8, 4) is 0 Å². The fourth-order valence-electron chi connectivity index (χ4n) is 4.59. The van der Waals surface area contributed by atoms with Crippen LogP contribution in [-0.2, 0) is 11.2 Å². The summed E-state index contributed by atoms with van der Waals surface area (Å²) < 4.78 is 0. The zero-order valence-electron chi connectivity index (χ0n) is 14.0. The Labute approximate surface area is 139 Å². The Morgan fingerprint density at radius 1 is 1.09 bits per heavy atom. The lowest BCUT2D eigenvalue weighted by Gasteiger charge is -2.36. The molecule has 0 spiro atoms. The van der Waals surface area contributed by atoms with Gasteiger partial charge in [0.1, 0.15) is 0 Å². The van der Waals surface area contributed by atoms with Crippen LogP contribution in [0.25, 0.3) is 0 Å². The van der Waals surface area contributed by atoms with Gasteiger partial charge in [0.2, 0.25) is 5.91 Å². The van der Waals surface area contributed by atoms with Crippen molar-refractivity contribution in [3.05, 3.63) is 35.9 Å². The van der Waals surface area contributed by atoms with Crippen molar-refractivity contribution in [2.24, 2.45) is 17.3 Å². The van der Waals surface area contributed by atoms with E-state index in [0.29, 0.717) is 5.91 Å². The van der Waals surface area contributed by atoms with Gasteiger partial charge in [-0.15, -0.1) is 0 Å². The van der Waals surface area contributed by atoms with Gasteiger partial charge in [-0.1, -0.05) is 30.3 Å². The SMILES string of the molecule is O=C(N1CCC(C2CCNC2)CC1)C1(Cc2ccccc2)CC1. The summed E-state index contributed by atoms with van der Waals surface area (Å²) in [6, 6.07) is 10.5. The van der Waals surface area contributed by atoms with Crippen molar-refractivity contribution in [3.63, 3.8) is 0 Å². The van der Waals surface area contributed by atoms with Gasteiger partial charge in [-0.25, -0.2) is 0 Å². The predicted octanol–water partition coefficient (Wildman–Crippen LogP) is 2.86. The zero-order chi connectivity index (χ0) is 15.7. The van der Waals surface area contributed by atoms with E-state index in [1.54, 1.807) is 0 Å². The van der Waals surface area contributed by atoms with Gasteiger partial charge in [0.05, 0.1) is 5.41 Å². The Bertz CT molecular complexity index is 538. The Hall–Kier alpha value is -1.35. The van der Waals surface area contributed by atoms with E-state index < -0.39 is 0 Å².